The molecule has 3 aromatic carbocycles. The molecule has 6 heteroatoms. The largest absolute Gasteiger partial charge is 0.478 e. The molecule has 176 valence electrons. The van der Waals surface area contributed by atoms with Crippen molar-refractivity contribution in [1.82, 2.24) is 4.90 Å². The molecular weight excluding hydrogens is 426 g/mol. The van der Waals surface area contributed by atoms with Crippen LogP contribution < -0.4 is 10.6 Å². The molecule has 1 atom stereocenters. The minimum atomic E-state index is -0.988. The van der Waals surface area contributed by atoms with Gasteiger partial charge in [-0.05, 0) is 62.1 Å². The SMILES string of the molecule is Cc1ccc(C(=O)O)c(CN2CCCCC2Cc2ccccc2)c1NC(=O)Nc1ccccc1. The van der Waals surface area contributed by atoms with Crippen LogP contribution >= 0.6 is 0 Å². The summed E-state index contributed by atoms with van der Waals surface area (Å²) in [5, 5.41) is 15.7. The molecule has 3 aromatic rings. The van der Waals surface area contributed by atoms with E-state index in [1.165, 1.54) is 5.56 Å². The number of carbonyl (C=O) groups excluding carboxylic acids is 1. The van der Waals surface area contributed by atoms with Gasteiger partial charge in [0.05, 0.1) is 11.3 Å². The molecule has 4 rings (SSSR count). The Morgan fingerprint density at radius 2 is 1.65 bits per heavy atom. The van der Waals surface area contributed by atoms with Gasteiger partial charge < -0.3 is 15.7 Å². The molecule has 0 saturated carbocycles. The highest BCUT2D eigenvalue weighted by molar-refractivity contribution is 6.02. The minimum Gasteiger partial charge on any atom is -0.478 e. The highest BCUT2D eigenvalue weighted by Gasteiger charge is 2.26. The number of likely N-dealkylation sites (tertiary alicyclic amines) is 1. The van der Waals surface area contributed by atoms with Crippen LogP contribution in [0.4, 0.5) is 16.2 Å². The van der Waals surface area contributed by atoms with Crippen molar-refractivity contribution in [2.75, 3.05) is 17.2 Å². The van der Waals surface area contributed by atoms with Gasteiger partial charge in [-0.2, -0.15) is 0 Å². The molecule has 1 fully saturated rings. The molecule has 3 N–H and O–H groups in total. The van der Waals surface area contributed by atoms with Gasteiger partial charge in [-0.1, -0.05) is 61.0 Å². The molecule has 0 bridgehead atoms. The summed E-state index contributed by atoms with van der Waals surface area (Å²) in [6, 6.07) is 22.9. The number of aryl methyl sites for hydroxylation is 1. The fourth-order valence-electron chi connectivity index (χ4n) is 4.69. The lowest BCUT2D eigenvalue weighted by molar-refractivity contribution is 0.0692. The van der Waals surface area contributed by atoms with Crippen molar-refractivity contribution in [3.05, 3.63) is 95.1 Å². The molecule has 6 nitrogen and oxygen atoms in total. The van der Waals surface area contributed by atoms with Crippen LogP contribution in [0.25, 0.3) is 0 Å². The number of anilines is 2. The fraction of sp³-hybridized carbons (Fsp3) is 0.286. The number of rotatable bonds is 7. The average molecular weight is 458 g/mol. The summed E-state index contributed by atoms with van der Waals surface area (Å²) in [5.74, 6) is -0.988. The molecule has 0 radical (unpaired) electrons. The first-order valence-electron chi connectivity index (χ1n) is 11.8. The lowest BCUT2D eigenvalue weighted by Gasteiger charge is -2.37. The molecule has 2 amide bonds. The average Bonchev–Trinajstić information content (AvgIpc) is 2.83. The Morgan fingerprint density at radius 3 is 2.35 bits per heavy atom. The number of piperidine rings is 1. The summed E-state index contributed by atoms with van der Waals surface area (Å²) in [4.78, 5) is 27.3. The number of para-hydroxylation sites is 1. The van der Waals surface area contributed by atoms with Crippen LogP contribution in [0.5, 0.6) is 0 Å². The first-order chi connectivity index (χ1) is 16.5. The van der Waals surface area contributed by atoms with Crippen LogP contribution in [-0.4, -0.2) is 34.6 Å². The Kier molecular flexibility index (Phi) is 7.60. The molecule has 0 spiro atoms. The molecule has 1 saturated heterocycles. The Balaban J connectivity index is 1.60. The molecule has 1 heterocycles. The third kappa shape index (κ3) is 5.83. The fourth-order valence-corrected chi connectivity index (χ4v) is 4.69. The Hall–Kier alpha value is -3.64. The first-order valence-corrected chi connectivity index (χ1v) is 11.8. The van der Waals surface area contributed by atoms with Crippen molar-refractivity contribution in [3.63, 3.8) is 0 Å². The van der Waals surface area contributed by atoms with E-state index in [0.717, 1.165) is 37.8 Å². The summed E-state index contributed by atoms with van der Waals surface area (Å²) in [7, 11) is 0. The van der Waals surface area contributed by atoms with E-state index in [2.05, 4.69) is 39.8 Å². The van der Waals surface area contributed by atoms with Crippen molar-refractivity contribution < 1.29 is 14.7 Å². The summed E-state index contributed by atoms with van der Waals surface area (Å²) in [6.07, 6.45) is 4.24. The van der Waals surface area contributed by atoms with E-state index in [0.29, 0.717) is 29.5 Å². The number of nitrogens with zero attached hydrogens (tertiary/aromatic N) is 1. The molecular formula is C28H31N3O3. The van der Waals surface area contributed by atoms with Crippen LogP contribution in [0.1, 0.15) is 46.3 Å². The molecule has 34 heavy (non-hydrogen) atoms. The number of carbonyl (C=O) groups is 2. The van der Waals surface area contributed by atoms with Gasteiger partial charge in [-0.15, -0.1) is 0 Å². The second-order valence-corrected chi connectivity index (χ2v) is 8.84. The predicted molar refractivity (Wildman–Crippen MR) is 135 cm³/mol. The number of nitrogens with one attached hydrogen (secondary N) is 2. The van der Waals surface area contributed by atoms with E-state index < -0.39 is 12.0 Å². The van der Waals surface area contributed by atoms with Crippen LogP contribution in [0.3, 0.4) is 0 Å². The first kappa shape index (κ1) is 23.5. The maximum Gasteiger partial charge on any atom is 0.336 e. The molecule has 1 aliphatic heterocycles. The lowest BCUT2D eigenvalue weighted by Crippen LogP contribution is -2.41. The standard InChI is InChI=1S/C28H31N3O3/c1-20-15-16-24(27(32)33)25(26(20)30-28(34)29-22-12-6-3-7-13-22)19-31-17-9-8-14-23(31)18-21-10-4-2-5-11-21/h2-7,10-13,15-16,23H,8-9,14,17-19H2,1H3,(H,32,33)(H2,29,30,34). The quantitative estimate of drug-likeness (QED) is 0.410. The van der Waals surface area contributed by atoms with Gasteiger partial charge in [0.1, 0.15) is 0 Å². The van der Waals surface area contributed by atoms with E-state index in [9.17, 15) is 14.7 Å². The Morgan fingerprint density at radius 1 is 0.941 bits per heavy atom. The van der Waals surface area contributed by atoms with Gasteiger partial charge >= 0.3 is 12.0 Å². The topological polar surface area (TPSA) is 81.7 Å². The summed E-state index contributed by atoms with van der Waals surface area (Å²) in [6.45, 7) is 3.27. The third-order valence-corrected chi connectivity index (χ3v) is 6.45. The van der Waals surface area contributed by atoms with E-state index >= 15 is 0 Å². The van der Waals surface area contributed by atoms with E-state index in [-0.39, 0.29) is 5.56 Å². The van der Waals surface area contributed by atoms with Gasteiger partial charge in [0, 0.05) is 23.8 Å². The van der Waals surface area contributed by atoms with Gasteiger partial charge in [0.15, 0.2) is 0 Å². The van der Waals surface area contributed by atoms with E-state index in [1.54, 1.807) is 12.1 Å². The number of carboxylic acids is 1. The summed E-state index contributed by atoms with van der Waals surface area (Å²) < 4.78 is 0. The summed E-state index contributed by atoms with van der Waals surface area (Å²) >= 11 is 0. The number of hydrogen-bond acceptors (Lipinski definition) is 3. The smallest absolute Gasteiger partial charge is 0.336 e. The van der Waals surface area contributed by atoms with Crippen molar-refractivity contribution in [2.24, 2.45) is 0 Å². The number of benzene rings is 3. The second kappa shape index (κ2) is 11.0. The minimum absolute atomic E-state index is 0.227. The van der Waals surface area contributed by atoms with Gasteiger partial charge in [-0.25, -0.2) is 9.59 Å². The Labute approximate surface area is 200 Å². The van der Waals surface area contributed by atoms with E-state index in [4.69, 9.17) is 0 Å². The molecule has 0 aromatic heterocycles. The van der Waals surface area contributed by atoms with Gasteiger partial charge in [-0.3, -0.25) is 4.90 Å². The number of hydrogen-bond donors (Lipinski definition) is 3. The van der Waals surface area contributed by atoms with Crippen molar-refractivity contribution in [1.29, 1.82) is 0 Å². The molecule has 1 aliphatic rings. The normalized spacial score (nSPS) is 16.1. The maximum absolute atomic E-state index is 12.8. The highest BCUT2D eigenvalue weighted by atomic mass is 16.4. The van der Waals surface area contributed by atoms with Crippen LogP contribution in [0.2, 0.25) is 0 Å². The zero-order valence-corrected chi connectivity index (χ0v) is 19.5. The van der Waals surface area contributed by atoms with Crippen LogP contribution in [0.15, 0.2) is 72.8 Å². The Bertz CT molecular complexity index is 1130. The zero-order chi connectivity index (χ0) is 23.9. The second-order valence-electron chi connectivity index (χ2n) is 8.84. The number of carboxylic acid groups (broad SMARTS) is 1. The maximum atomic E-state index is 12.8. The van der Waals surface area contributed by atoms with Gasteiger partial charge in [0.2, 0.25) is 0 Å². The zero-order valence-electron chi connectivity index (χ0n) is 19.5. The predicted octanol–water partition coefficient (Wildman–Crippen LogP) is 5.93. The monoisotopic (exact) mass is 457 g/mol. The van der Waals surface area contributed by atoms with Crippen molar-refractivity contribution in [3.8, 4) is 0 Å². The third-order valence-electron chi connectivity index (χ3n) is 6.45. The lowest BCUT2D eigenvalue weighted by atomic mass is 9.93. The van der Waals surface area contributed by atoms with Crippen molar-refractivity contribution in [2.45, 2.75) is 45.2 Å². The highest BCUT2D eigenvalue weighted by Crippen LogP contribution is 2.30. The van der Waals surface area contributed by atoms with Crippen LogP contribution in [0, 0.1) is 6.92 Å². The number of aromatic carboxylic acids is 1. The number of urea groups is 1. The van der Waals surface area contributed by atoms with Crippen molar-refractivity contribution >= 4 is 23.4 Å². The number of amides is 2. The van der Waals surface area contributed by atoms with Crippen LogP contribution in [-0.2, 0) is 13.0 Å². The molecule has 1 unspecified atom stereocenters. The van der Waals surface area contributed by atoms with E-state index in [1.807, 2.05) is 43.3 Å². The summed E-state index contributed by atoms with van der Waals surface area (Å²) in [5.41, 5.74) is 4.23. The molecule has 0 aliphatic carbocycles. The van der Waals surface area contributed by atoms with Gasteiger partial charge in [0.25, 0.3) is 0 Å².